The van der Waals surface area contributed by atoms with Crippen LogP contribution < -0.4 is 20.9 Å². The van der Waals surface area contributed by atoms with Crippen molar-refractivity contribution in [3.05, 3.63) is 57.4 Å². The van der Waals surface area contributed by atoms with Crippen molar-refractivity contribution >= 4 is 22.7 Å². The van der Waals surface area contributed by atoms with Gasteiger partial charge in [0.1, 0.15) is 0 Å². The molecule has 0 bridgehead atoms. The average Bonchev–Trinajstić information content (AvgIpc) is 2.65. The highest BCUT2D eigenvalue weighted by atomic mass is 32.2. The molecular formula is C19H21N3O3S. The number of methoxy groups -OCH3 is 2. The average molecular weight is 371 g/mol. The number of aryl methyl sites for hydroxylation is 2. The van der Waals surface area contributed by atoms with Crippen LogP contribution in [0.1, 0.15) is 16.7 Å². The van der Waals surface area contributed by atoms with Gasteiger partial charge in [-0.15, -0.1) is 0 Å². The van der Waals surface area contributed by atoms with E-state index in [1.807, 2.05) is 0 Å². The van der Waals surface area contributed by atoms with Gasteiger partial charge in [0.15, 0.2) is 16.7 Å². The van der Waals surface area contributed by atoms with Gasteiger partial charge < -0.3 is 15.3 Å². The van der Waals surface area contributed by atoms with Gasteiger partial charge in [0.25, 0.3) is 5.56 Å². The van der Waals surface area contributed by atoms with E-state index >= 15 is 0 Å². The van der Waals surface area contributed by atoms with Crippen molar-refractivity contribution in [1.82, 2.24) is 9.66 Å². The first-order chi connectivity index (χ1) is 12.4. The highest BCUT2D eigenvalue weighted by Crippen LogP contribution is 2.31. The Balaban J connectivity index is 1.99. The van der Waals surface area contributed by atoms with E-state index in [9.17, 15) is 4.79 Å². The molecule has 26 heavy (non-hydrogen) atoms. The van der Waals surface area contributed by atoms with Crippen LogP contribution in [0.3, 0.4) is 0 Å². The number of nitrogens with zero attached hydrogens (tertiary/aromatic N) is 2. The monoisotopic (exact) mass is 371 g/mol. The van der Waals surface area contributed by atoms with Gasteiger partial charge in [-0.1, -0.05) is 30.0 Å². The van der Waals surface area contributed by atoms with Gasteiger partial charge in [-0.3, -0.25) is 4.79 Å². The second-order valence-electron chi connectivity index (χ2n) is 6.00. The third-order valence-electron chi connectivity index (χ3n) is 4.31. The predicted octanol–water partition coefficient (Wildman–Crippen LogP) is 3.04. The second-order valence-corrected chi connectivity index (χ2v) is 6.94. The van der Waals surface area contributed by atoms with Crippen molar-refractivity contribution < 1.29 is 9.47 Å². The summed E-state index contributed by atoms with van der Waals surface area (Å²) in [6.07, 6.45) is 0. The first-order valence-electron chi connectivity index (χ1n) is 8.07. The van der Waals surface area contributed by atoms with Gasteiger partial charge in [-0.2, -0.15) is 0 Å². The van der Waals surface area contributed by atoms with Gasteiger partial charge in [-0.25, -0.2) is 9.66 Å². The van der Waals surface area contributed by atoms with Crippen molar-refractivity contribution in [3.63, 3.8) is 0 Å². The number of thioether (sulfide) groups is 1. The number of rotatable bonds is 5. The summed E-state index contributed by atoms with van der Waals surface area (Å²) in [5.41, 5.74) is 3.84. The van der Waals surface area contributed by atoms with Crippen LogP contribution in [0.15, 0.2) is 40.3 Å². The Bertz CT molecular complexity index is 1030. The van der Waals surface area contributed by atoms with E-state index in [1.54, 1.807) is 19.2 Å². The minimum Gasteiger partial charge on any atom is -0.493 e. The number of nitrogen functional groups attached to an aromatic ring is 1. The first kappa shape index (κ1) is 18.1. The van der Waals surface area contributed by atoms with Crippen LogP contribution in [0, 0.1) is 13.8 Å². The van der Waals surface area contributed by atoms with Gasteiger partial charge in [0.2, 0.25) is 0 Å². The van der Waals surface area contributed by atoms with Crippen molar-refractivity contribution in [3.8, 4) is 11.5 Å². The Morgan fingerprint density at radius 3 is 2.42 bits per heavy atom. The summed E-state index contributed by atoms with van der Waals surface area (Å²) >= 11 is 1.42. The highest BCUT2D eigenvalue weighted by molar-refractivity contribution is 7.98. The molecular weight excluding hydrogens is 350 g/mol. The highest BCUT2D eigenvalue weighted by Gasteiger charge is 2.14. The second kappa shape index (κ2) is 7.29. The summed E-state index contributed by atoms with van der Waals surface area (Å²) in [6.45, 7) is 4.16. The molecule has 136 valence electrons. The number of aromatic nitrogens is 2. The molecule has 0 amide bonds. The van der Waals surface area contributed by atoms with Crippen molar-refractivity contribution in [2.45, 2.75) is 24.8 Å². The van der Waals surface area contributed by atoms with E-state index in [4.69, 9.17) is 15.3 Å². The lowest BCUT2D eigenvalue weighted by molar-refractivity contribution is 0.355. The van der Waals surface area contributed by atoms with Gasteiger partial charge in [0, 0.05) is 11.8 Å². The maximum atomic E-state index is 12.6. The van der Waals surface area contributed by atoms with Crippen LogP contribution in [0.5, 0.6) is 11.5 Å². The molecule has 0 aliphatic rings. The Labute approximate surface area is 155 Å². The molecule has 0 fully saturated rings. The fourth-order valence-electron chi connectivity index (χ4n) is 2.65. The number of benzene rings is 2. The molecule has 1 heterocycles. The third kappa shape index (κ3) is 3.35. The van der Waals surface area contributed by atoms with E-state index in [0.29, 0.717) is 33.3 Å². The number of fused-ring (bicyclic) bond motifs is 1. The molecule has 0 spiro atoms. The Morgan fingerprint density at radius 1 is 1.08 bits per heavy atom. The first-order valence-corrected chi connectivity index (χ1v) is 9.06. The van der Waals surface area contributed by atoms with Crippen LogP contribution in [-0.4, -0.2) is 23.9 Å². The Hall–Kier alpha value is -2.67. The van der Waals surface area contributed by atoms with E-state index < -0.39 is 0 Å². The van der Waals surface area contributed by atoms with Crippen molar-refractivity contribution in [2.24, 2.45) is 0 Å². The summed E-state index contributed by atoms with van der Waals surface area (Å²) in [5, 5.41) is 0.841. The number of hydrogen-bond acceptors (Lipinski definition) is 6. The minimum atomic E-state index is -0.321. The molecule has 0 saturated heterocycles. The van der Waals surface area contributed by atoms with Crippen molar-refractivity contribution in [1.29, 1.82) is 0 Å². The smallest absolute Gasteiger partial charge is 0.280 e. The lowest BCUT2D eigenvalue weighted by Gasteiger charge is -2.12. The summed E-state index contributed by atoms with van der Waals surface area (Å²) in [4.78, 5) is 17.2. The normalized spacial score (nSPS) is 10.9. The van der Waals surface area contributed by atoms with Crippen LogP contribution in [0.25, 0.3) is 10.9 Å². The molecule has 0 aliphatic heterocycles. The Morgan fingerprint density at radius 2 is 1.77 bits per heavy atom. The summed E-state index contributed by atoms with van der Waals surface area (Å²) < 4.78 is 11.6. The largest absolute Gasteiger partial charge is 0.493 e. The molecule has 3 rings (SSSR count). The molecule has 0 radical (unpaired) electrons. The maximum absolute atomic E-state index is 12.6. The van der Waals surface area contributed by atoms with Crippen LogP contribution in [0.4, 0.5) is 0 Å². The molecule has 0 saturated carbocycles. The SMILES string of the molecule is COc1cc2nc(SCc3ccc(C)c(C)c3)n(N)c(=O)c2cc1OC. The van der Waals surface area contributed by atoms with Crippen LogP contribution in [0.2, 0.25) is 0 Å². The summed E-state index contributed by atoms with van der Waals surface area (Å²) in [5.74, 6) is 7.64. The van der Waals surface area contributed by atoms with Gasteiger partial charge >= 0.3 is 0 Å². The fraction of sp³-hybridized carbons (Fsp3) is 0.263. The lowest BCUT2D eigenvalue weighted by Crippen LogP contribution is -2.29. The summed E-state index contributed by atoms with van der Waals surface area (Å²) in [7, 11) is 3.06. The van der Waals surface area contributed by atoms with E-state index in [0.717, 1.165) is 10.2 Å². The van der Waals surface area contributed by atoms with Crippen LogP contribution in [-0.2, 0) is 5.75 Å². The minimum absolute atomic E-state index is 0.321. The molecule has 6 nitrogen and oxygen atoms in total. The molecule has 2 aromatic carbocycles. The molecule has 2 N–H and O–H groups in total. The zero-order chi connectivity index (χ0) is 18.8. The molecule has 1 aromatic heterocycles. The zero-order valence-corrected chi connectivity index (χ0v) is 16.0. The summed E-state index contributed by atoms with van der Waals surface area (Å²) in [6, 6.07) is 9.59. The van der Waals surface area contributed by atoms with E-state index in [-0.39, 0.29) is 5.56 Å². The predicted molar refractivity (Wildman–Crippen MR) is 105 cm³/mol. The van der Waals surface area contributed by atoms with Crippen molar-refractivity contribution in [2.75, 3.05) is 20.1 Å². The molecule has 0 atom stereocenters. The molecule has 0 unspecified atom stereocenters. The third-order valence-corrected chi connectivity index (χ3v) is 5.34. The Kier molecular flexibility index (Phi) is 5.08. The topological polar surface area (TPSA) is 79.4 Å². The van der Waals surface area contributed by atoms with Gasteiger partial charge in [0.05, 0.1) is 25.1 Å². The van der Waals surface area contributed by atoms with Gasteiger partial charge in [-0.05, 0) is 36.6 Å². The van der Waals surface area contributed by atoms with E-state index in [1.165, 1.54) is 30.0 Å². The molecule has 7 heteroatoms. The quantitative estimate of drug-likeness (QED) is 0.422. The fourth-order valence-corrected chi connectivity index (χ4v) is 3.51. The number of nitrogens with two attached hydrogens (primary N) is 1. The maximum Gasteiger partial charge on any atom is 0.280 e. The molecule has 3 aromatic rings. The standard InChI is InChI=1S/C19H21N3O3S/c1-11-5-6-13(7-12(11)2)10-26-19-21-15-9-17(25-4)16(24-3)8-14(15)18(23)22(19)20/h5-9H,10,20H2,1-4H3. The lowest BCUT2D eigenvalue weighted by atomic mass is 10.1. The number of hydrogen-bond donors (Lipinski definition) is 1. The zero-order valence-electron chi connectivity index (χ0n) is 15.2. The van der Waals surface area contributed by atoms with E-state index in [2.05, 4.69) is 37.0 Å². The molecule has 0 aliphatic carbocycles. The van der Waals surface area contributed by atoms with Crippen LogP contribution >= 0.6 is 11.8 Å². The number of ether oxygens (including phenoxy) is 2.